The van der Waals surface area contributed by atoms with E-state index in [0.29, 0.717) is 28.3 Å². The molecule has 0 saturated heterocycles. The summed E-state index contributed by atoms with van der Waals surface area (Å²) in [6, 6.07) is 19.7. The molecule has 0 saturated carbocycles. The lowest BCUT2D eigenvalue weighted by atomic mass is 9.81. The fourth-order valence-electron chi connectivity index (χ4n) is 4.29. The molecule has 1 aliphatic heterocycles. The number of carbonyl (C=O) groups excluding carboxylic acids is 1. The Morgan fingerprint density at radius 1 is 1.00 bits per heavy atom. The molecule has 3 N–H and O–H groups in total. The van der Waals surface area contributed by atoms with Crippen LogP contribution >= 0.6 is 0 Å². The van der Waals surface area contributed by atoms with E-state index in [9.17, 15) is 14.7 Å². The molecule has 1 aromatic heterocycles. The number of nitrogens with two attached hydrogens (primary N) is 1. The first-order chi connectivity index (χ1) is 16.1. The maximum absolute atomic E-state index is 12.2. The summed E-state index contributed by atoms with van der Waals surface area (Å²) >= 11 is 0. The fourth-order valence-corrected chi connectivity index (χ4v) is 4.29. The molecule has 1 aliphatic rings. The van der Waals surface area contributed by atoms with Crippen molar-refractivity contribution in [3.05, 3.63) is 84.1 Å². The summed E-state index contributed by atoms with van der Waals surface area (Å²) in [5, 5.41) is 9.69. The van der Waals surface area contributed by atoms with Gasteiger partial charge >= 0.3 is 6.09 Å². The van der Waals surface area contributed by atoms with Gasteiger partial charge in [0.15, 0.2) is 0 Å². The Bertz CT molecular complexity index is 1250. The quantitative estimate of drug-likeness (QED) is 0.531. The molecule has 2 amide bonds. The van der Waals surface area contributed by atoms with Crippen molar-refractivity contribution in [2.75, 3.05) is 6.54 Å². The Morgan fingerprint density at radius 3 is 2.24 bits per heavy atom. The third-order valence-electron chi connectivity index (χ3n) is 5.74. The molecule has 0 bridgehead atoms. The lowest BCUT2D eigenvalue weighted by molar-refractivity contribution is 0.100. The SMILES string of the molecule is CC(C)(C)C1C(c2ccc(C(N)=O)c(-c3ccc(Oc4ccccc4)cc3)n2)=CCN1C(=O)O. The summed E-state index contributed by atoms with van der Waals surface area (Å²) in [4.78, 5) is 30.2. The van der Waals surface area contributed by atoms with E-state index in [4.69, 9.17) is 15.5 Å². The number of rotatable bonds is 5. The highest BCUT2D eigenvalue weighted by Crippen LogP contribution is 2.39. The van der Waals surface area contributed by atoms with E-state index in [1.165, 1.54) is 4.90 Å². The van der Waals surface area contributed by atoms with Crippen molar-refractivity contribution in [2.45, 2.75) is 26.8 Å². The number of hydrogen-bond donors (Lipinski definition) is 2. The monoisotopic (exact) mass is 457 g/mol. The molecule has 0 radical (unpaired) electrons. The van der Waals surface area contributed by atoms with E-state index in [2.05, 4.69) is 0 Å². The number of amides is 2. The number of carbonyl (C=O) groups is 2. The molecule has 34 heavy (non-hydrogen) atoms. The first-order valence-corrected chi connectivity index (χ1v) is 11.0. The van der Waals surface area contributed by atoms with Crippen molar-refractivity contribution in [3.8, 4) is 22.8 Å². The van der Waals surface area contributed by atoms with Crippen LogP contribution in [-0.4, -0.2) is 39.6 Å². The average molecular weight is 458 g/mol. The predicted molar refractivity (Wildman–Crippen MR) is 131 cm³/mol. The molecule has 2 heterocycles. The highest BCUT2D eigenvalue weighted by Gasteiger charge is 2.40. The number of para-hydroxylation sites is 1. The van der Waals surface area contributed by atoms with Gasteiger partial charge in [-0.3, -0.25) is 9.69 Å². The number of pyridine rings is 1. The Balaban J connectivity index is 1.71. The van der Waals surface area contributed by atoms with Gasteiger partial charge < -0.3 is 15.6 Å². The topological polar surface area (TPSA) is 106 Å². The van der Waals surface area contributed by atoms with E-state index < -0.39 is 12.0 Å². The first-order valence-electron chi connectivity index (χ1n) is 11.0. The summed E-state index contributed by atoms with van der Waals surface area (Å²) in [7, 11) is 0. The molecule has 174 valence electrons. The third-order valence-corrected chi connectivity index (χ3v) is 5.74. The number of aromatic nitrogens is 1. The molecule has 0 spiro atoms. The minimum absolute atomic E-state index is 0.284. The lowest BCUT2D eigenvalue weighted by Gasteiger charge is -2.35. The van der Waals surface area contributed by atoms with Crippen LogP contribution in [0.15, 0.2) is 72.8 Å². The minimum atomic E-state index is -0.978. The zero-order valence-electron chi connectivity index (χ0n) is 19.4. The Morgan fingerprint density at radius 2 is 1.65 bits per heavy atom. The largest absolute Gasteiger partial charge is 0.465 e. The van der Waals surface area contributed by atoms with E-state index in [1.807, 2.05) is 69.3 Å². The van der Waals surface area contributed by atoms with Gasteiger partial charge in [0.1, 0.15) is 11.5 Å². The van der Waals surface area contributed by atoms with Crippen LogP contribution in [-0.2, 0) is 0 Å². The molecule has 4 rings (SSSR count). The van der Waals surface area contributed by atoms with E-state index in [0.717, 1.165) is 11.3 Å². The Hall–Kier alpha value is -4.13. The van der Waals surface area contributed by atoms with Crippen LogP contribution in [0.1, 0.15) is 36.8 Å². The Labute approximate surface area is 198 Å². The van der Waals surface area contributed by atoms with E-state index >= 15 is 0 Å². The fraction of sp³-hybridized carbons (Fsp3) is 0.222. The van der Waals surface area contributed by atoms with Gasteiger partial charge in [-0.05, 0) is 59.5 Å². The second-order valence-corrected chi connectivity index (χ2v) is 9.26. The smallest absolute Gasteiger partial charge is 0.408 e. The Kier molecular flexibility index (Phi) is 6.11. The van der Waals surface area contributed by atoms with Gasteiger partial charge in [0, 0.05) is 12.1 Å². The number of benzene rings is 2. The van der Waals surface area contributed by atoms with Crippen molar-refractivity contribution >= 4 is 17.6 Å². The molecule has 2 aromatic carbocycles. The van der Waals surface area contributed by atoms with Crippen molar-refractivity contribution in [1.29, 1.82) is 0 Å². The van der Waals surface area contributed by atoms with Crippen LogP contribution in [0, 0.1) is 5.41 Å². The van der Waals surface area contributed by atoms with Gasteiger partial charge in [-0.2, -0.15) is 0 Å². The molecule has 0 aliphatic carbocycles. The maximum atomic E-state index is 12.2. The standard InChI is InChI=1S/C27H27N3O4/c1-27(2,3)24-20(15-16-30(24)26(32)33)22-14-13-21(25(28)31)23(29-22)17-9-11-19(12-10-17)34-18-7-5-4-6-8-18/h4-15,24H,16H2,1-3H3,(H2,28,31)(H,32,33). The van der Waals surface area contributed by atoms with Gasteiger partial charge in [-0.15, -0.1) is 0 Å². The second kappa shape index (κ2) is 9.02. The van der Waals surface area contributed by atoms with Crippen molar-refractivity contribution < 1.29 is 19.4 Å². The zero-order chi connectivity index (χ0) is 24.5. The summed E-state index contributed by atoms with van der Waals surface area (Å²) in [5.41, 5.74) is 8.17. The van der Waals surface area contributed by atoms with Crippen LogP contribution in [0.2, 0.25) is 0 Å². The maximum Gasteiger partial charge on any atom is 0.408 e. The van der Waals surface area contributed by atoms with Crippen LogP contribution < -0.4 is 10.5 Å². The molecule has 3 aromatic rings. The van der Waals surface area contributed by atoms with Gasteiger partial charge in [0.2, 0.25) is 0 Å². The number of ether oxygens (including phenoxy) is 1. The van der Waals surface area contributed by atoms with Crippen molar-refractivity contribution in [2.24, 2.45) is 11.1 Å². The zero-order valence-corrected chi connectivity index (χ0v) is 19.4. The number of primary amides is 1. The van der Waals surface area contributed by atoms with E-state index in [-0.39, 0.29) is 18.0 Å². The molecule has 7 nitrogen and oxygen atoms in total. The molecular weight excluding hydrogens is 430 g/mol. The van der Waals surface area contributed by atoms with Crippen molar-refractivity contribution in [3.63, 3.8) is 0 Å². The molecule has 1 atom stereocenters. The third kappa shape index (κ3) is 4.64. The molecule has 0 fully saturated rings. The summed E-state index contributed by atoms with van der Waals surface area (Å²) in [6.45, 7) is 6.28. The van der Waals surface area contributed by atoms with Crippen LogP contribution in [0.3, 0.4) is 0 Å². The average Bonchev–Trinajstić information content (AvgIpc) is 3.26. The van der Waals surface area contributed by atoms with Crippen LogP contribution in [0.5, 0.6) is 11.5 Å². The lowest BCUT2D eigenvalue weighted by Crippen LogP contribution is -2.44. The summed E-state index contributed by atoms with van der Waals surface area (Å²) in [6.07, 6.45) is 0.908. The summed E-state index contributed by atoms with van der Waals surface area (Å²) in [5.74, 6) is 0.784. The second-order valence-electron chi connectivity index (χ2n) is 9.26. The molecule has 7 heteroatoms. The molecular formula is C27H27N3O4. The van der Waals surface area contributed by atoms with Crippen LogP contribution in [0.4, 0.5) is 4.79 Å². The van der Waals surface area contributed by atoms with E-state index in [1.54, 1.807) is 24.3 Å². The van der Waals surface area contributed by atoms with Crippen molar-refractivity contribution in [1.82, 2.24) is 9.88 Å². The minimum Gasteiger partial charge on any atom is -0.465 e. The number of hydrogen-bond acceptors (Lipinski definition) is 4. The molecule has 1 unspecified atom stereocenters. The van der Waals surface area contributed by atoms with Gasteiger partial charge in [-0.25, -0.2) is 9.78 Å². The predicted octanol–water partition coefficient (Wildman–Crippen LogP) is 5.43. The van der Waals surface area contributed by atoms with Gasteiger partial charge in [-0.1, -0.05) is 45.0 Å². The normalized spacial score (nSPS) is 15.7. The number of nitrogens with zero attached hydrogens (tertiary/aromatic N) is 2. The highest BCUT2D eigenvalue weighted by atomic mass is 16.5. The van der Waals surface area contributed by atoms with Gasteiger partial charge in [0.05, 0.1) is 23.0 Å². The first kappa shape index (κ1) is 23.0. The summed E-state index contributed by atoms with van der Waals surface area (Å²) < 4.78 is 5.86. The number of carboxylic acid groups (broad SMARTS) is 1. The highest BCUT2D eigenvalue weighted by molar-refractivity contribution is 5.99. The van der Waals surface area contributed by atoms with Crippen LogP contribution in [0.25, 0.3) is 16.8 Å². The van der Waals surface area contributed by atoms with Gasteiger partial charge in [0.25, 0.3) is 5.91 Å².